The van der Waals surface area contributed by atoms with Crippen molar-refractivity contribution in [2.24, 2.45) is 5.92 Å². The summed E-state index contributed by atoms with van der Waals surface area (Å²) in [6.45, 7) is 13.4. The highest BCUT2D eigenvalue weighted by Crippen LogP contribution is 2.20. The summed E-state index contributed by atoms with van der Waals surface area (Å²) in [5.74, 6) is 0.776. The Labute approximate surface area is 143 Å². The molecule has 2 aliphatic rings. The van der Waals surface area contributed by atoms with E-state index in [0.29, 0.717) is 6.61 Å². The van der Waals surface area contributed by atoms with Gasteiger partial charge in [-0.05, 0) is 72.0 Å². The number of hydrogen-bond acceptors (Lipinski definition) is 4. The normalized spacial score (nSPS) is 26.9. The van der Waals surface area contributed by atoms with Crippen molar-refractivity contribution in [2.75, 3.05) is 45.9 Å². The summed E-state index contributed by atoms with van der Waals surface area (Å²) in [7, 11) is 0. The maximum Gasteiger partial charge on any atom is 0.0900 e. The number of hydrogen-bond donors (Lipinski definition) is 1. The van der Waals surface area contributed by atoms with Gasteiger partial charge in [-0.1, -0.05) is 12.8 Å². The average molecular weight is 327 g/mol. The Hall–Kier alpha value is -0.160. The van der Waals surface area contributed by atoms with E-state index in [1.807, 2.05) is 20.8 Å². The third-order valence-corrected chi connectivity index (χ3v) is 5.00. The summed E-state index contributed by atoms with van der Waals surface area (Å²) in [5, 5.41) is 10.2. The number of nitrogens with zero attached hydrogens (tertiary/aromatic N) is 2. The Morgan fingerprint density at radius 2 is 1.65 bits per heavy atom. The largest absolute Gasteiger partial charge is 0.389 e. The van der Waals surface area contributed by atoms with Crippen LogP contribution in [0.3, 0.4) is 0 Å². The fourth-order valence-corrected chi connectivity index (χ4v) is 3.85. The number of β-amino-alcohol motifs (C(OH)–C–C–N with tert-alkyl or cyclic N) is 1. The lowest BCUT2D eigenvalue weighted by Crippen LogP contribution is -2.45. The minimum atomic E-state index is -0.369. The quantitative estimate of drug-likeness (QED) is 0.814. The van der Waals surface area contributed by atoms with Crippen LogP contribution < -0.4 is 0 Å². The second-order valence-corrected chi connectivity index (χ2v) is 8.56. The van der Waals surface area contributed by atoms with Crippen molar-refractivity contribution in [3.05, 3.63) is 0 Å². The van der Waals surface area contributed by atoms with Gasteiger partial charge in [0.1, 0.15) is 0 Å². The van der Waals surface area contributed by atoms with Crippen LogP contribution in [0.1, 0.15) is 59.3 Å². The van der Waals surface area contributed by atoms with Gasteiger partial charge >= 0.3 is 0 Å². The molecular formula is C19H38N2O2. The van der Waals surface area contributed by atoms with Gasteiger partial charge in [-0.3, -0.25) is 0 Å². The monoisotopic (exact) mass is 326 g/mol. The highest BCUT2D eigenvalue weighted by Gasteiger charge is 2.24. The molecule has 0 aromatic rings. The molecule has 2 unspecified atom stereocenters. The van der Waals surface area contributed by atoms with Crippen molar-refractivity contribution in [1.29, 1.82) is 0 Å². The van der Waals surface area contributed by atoms with E-state index in [2.05, 4.69) is 9.80 Å². The fourth-order valence-electron chi connectivity index (χ4n) is 3.85. The summed E-state index contributed by atoms with van der Waals surface area (Å²) in [5.41, 5.74) is -0.168. The Bertz CT molecular complexity index is 322. The second kappa shape index (κ2) is 9.36. The van der Waals surface area contributed by atoms with Gasteiger partial charge in [0, 0.05) is 19.6 Å². The lowest BCUT2D eigenvalue weighted by atomic mass is 9.97. The van der Waals surface area contributed by atoms with Gasteiger partial charge in [-0.25, -0.2) is 0 Å². The zero-order valence-corrected chi connectivity index (χ0v) is 15.6. The zero-order valence-electron chi connectivity index (χ0n) is 15.6. The molecule has 0 spiro atoms. The van der Waals surface area contributed by atoms with E-state index >= 15 is 0 Å². The first-order valence-electron chi connectivity index (χ1n) is 9.69. The Kier molecular flexibility index (Phi) is 7.80. The number of rotatable bonds is 6. The van der Waals surface area contributed by atoms with Gasteiger partial charge in [0.15, 0.2) is 0 Å². The Morgan fingerprint density at radius 3 is 2.30 bits per heavy atom. The van der Waals surface area contributed by atoms with E-state index in [1.54, 1.807) is 0 Å². The maximum atomic E-state index is 10.2. The Balaban J connectivity index is 1.70. The Morgan fingerprint density at radius 1 is 1.00 bits per heavy atom. The number of aliphatic hydroxyl groups is 1. The van der Waals surface area contributed by atoms with Crippen LogP contribution in [0, 0.1) is 5.92 Å². The van der Waals surface area contributed by atoms with Crippen molar-refractivity contribution in [2.45, 2.75) is 71.0 Å². The van der Waals surface area contributed by atoms with Gasteiger partial charge < -0.3 is 19.6 Å². The molecule has 0 bridgehead atoms. The molecule has 0 aromatic carbocycles. The summed E-state index contributed by atoms with van der Waals surface area (Å²) in [6, 6.07) is 0. The van der Waals surface area contributed by atoms with Crippen LogP contribution >= 0.6 is 0 Å². The van der Waals surface area contributed by atoms with Crippen molar-refractivity contribution < 1.29 is 9.84 Å². The van der Waals surface area contributed by atoms with Crippen molar-refractivity contribution in [3.63, 3.8) is 0 Å². The van der Waals surface area contributed by atoms with Crippen LogP contribution in [0.2, 0.25) is 0 Å². The SMILES string of the molecule is CC(C)(C)OCC(O)CN1CCCC(CN2CCCCCC2)C1. The number of likely N-dealkylation sites (tertiary alicyclic amines) is 2. The molecule has 0 saturated carbocycles. The van der Waals surface area contributed by atoms with Gasteiger partial charge in [0.25, 0.3) is 0 Å². The first-order valence-corrected chi connectivity index (χ1v) is 9.69. The molecule has 0 amide bonds. The fraction of sp³-hybridized carbons (Fsp3) is 1.00. The smallest absolute Gasteiger partial charge is 0.0900 e. The first kappa shape index (κ1) is 19.2. The number of piperidine rings is 1. The predicted molar refractivity (Wildman–Crippen MR) is 95.8 cm³/mol. The highest BCUT2D eigenvalue weighted by molar-refractivity contribution is 4.78. The third kappa shape index (κ3) is 7.97. The molecule has 4 nitrogen and oxygen atoms in total. The molecule has 1 N–H and O–H groups in total. The molecule has 0 aliphatic carbocycles. The van der Waals surface area contributed by atoms with Crippen molar-refractivity contribution in [3.8, 4) is 0 Å². The van der Waals surface area contributed by atoms with Gasteiger partial charge in [0.05, 0.1) is 18.3 Å². The summed E-state index contributed by atoms with van der Waals surface area (Å²) < 4.78 is 5.71. The van der Waals surface area contributed by atoms with E-state index in [-0.39, 0.29) is 11.7 Å². The molecule has 0 radical (unpaired) electrons. The molecule has 2 saturated heterocycles. The van der Waals surface area contributed by atoms with Crippen molar-refractivity contribution >= 4 is 0 Å². The van der Waals surface area contributed by atoms with E-state index < -0.39 is 0 Å². The highest BCUT2D eigenvalue weighted by atomic mass is 16.5. The molecule has 2 atom stereocenters. The molecule has 136 valence electrons. The lowest BCUT2D eigenvalue weighted by molar-refractivity contribution is -0.0587. The van der Waals surface area contributed by atoms with Crippen LogP contribution in [-0.2, 0) is 4.74 Å². The maximum absolute atomic E-state index is 10.2. The van der Waals surface area contributed by atoms with Crippen LogP contribution in [-0.4, -0.2) is 72.5 Å². The van der Waals surface area contributed by atoms with E-state index in [0.717, 1.165) is 25.6 Å². The molecule has 4 heteroatoms. The molecule has 23 heavy (non-hydrogen) atoms. The van der Waals surface area contributed by atoms with Crippen LogP contribution in [0.15, 0.2) is 0 Å². The van der Waals surface area contributed by atoms with Gasteiger partial charge in [-0.15, -0.1) is 0 Å². The molecule has 2 fully saturated rings. The lowest BCUT2D eigenvalue weighted by Gasteiger charge is -2.36. The van der Waals surface area contributed by atoms with E-state index in [9.17, 15) is 5.11 Å². The van der Waals surface area contributed by atoms with Crippen LogP contribution in [0.5, 0.6) is 0 Å². The minimum Gasteiger partial charge on any atom is -0.389 e. The molecule has 0 aromatic heterocycles. The third-order valence-electron chi connectivity index (χ3n) is 5.00. The predicted octanol–water partition coefficient (Wildman–Crippen LogP) is 2.75. The number of aliphatic hydroxyl groups excluding tert-OH is 1. The average Bonchev–Trinajstić information content (AvgIpc) is 2.73. The summed E-state index contributed by atoms with van der Waals surface area (Å²) in [4.78, 5) is 5.13. The van der Waals surface area contributed by atoms with Crippen LogP contribution in [0.25, 0.3) is 0 Å². The number of ether oxygens (including phenoxy) is 1. The van der Waals surface area contributed by atoms with Crippen LogP contribution in [0.4, 0.5) is 0 Å². The summed E-state index contributed by atoms with van der Waals surface area (Å²) >= 11 is 0. The minimum absolute atomic E-state index is 0.168. The molecular weight excluding hydrogens is 288 g/mol. The molecule has 2 heterocycles. The summed E-state index contributed by atoms with van der Waals surface area (Å²) in [6.07, 6.45) is 7.82. The van der Waals surface area contributed by atoms with Gasteiger partial charge in [0.2, 0.25) is 0 Å². The second-order valence-electron chi connectivity index (χ2n) is 8.56. The van der Waals surface area contributed by atoms with E-state index in [1.165, 1.54) is 58.2 Å². The zero-order chi connectivity index (χ0) is 16.7. The molecule has 2 aliphatic heterocycles. The van der Waals surface area contributed by atoms with E-state index in [4.69, 9.17) is 4.74 Å². The molecule has 2 rings (SSSR count). The van der Waals surface area contributed by atoms with Crippen molar-refractivity contribution in [1.82, 2.24) is 9.80 Å². The first-order chi connectivity index (χ1) is 10.9. The van der Waals surface area contributed by atoms with Gasteiger partial charge in [-0.2, -0.15) is 0 Å². The topological polar surface area (TPSA) is 35.9 Å². The standard InChI is InChI=1S/C19H38N2O2/c1-19(2,3)23-16-18(22)15-21-12-8-9-17(14-21)13-20-10-6-4-5-7-11-20/h17-18,22H,4-16H2,1-3H3.